The van der Waals surface area contributed by atoms with Crippen molar-refractivity contribution in [3.63, 3.8) is 0 Å². The van der Waals surface area contributed by atoms with Crippen molar-refractivity contribution in [2.45, 2.75) is 13.1 Å². The Morgan fingerprint density at radius 1 is 1.47 bits per heavy atom. The Kier molecular flexibility index (Phi) is 4.01. The van der Waals surface area contributed by atoms with Crippen LogP contribution >= 0.6 is 11.6 Å². The molecule has 0 aliphatic rings. The van der Waals surface area contributed by atoms with Gasteiger partial charge in [0.2, 0.25) is 5.91 Å². The number of hydrogen-bond donors (Lipinski definition) is 2. The van der Waals surface area contributed by atoms with Crippen LogP contribution in [-0.4, -0.2) is 15.7 Å². The maximum atomic E-state index is 12.9. The van der Waals surface area contributed by atoms with Crippen molar-refractivity contribution in [1.82, 2.24) is 15.1 Å². The molecule has 3 N–H and O–H groups in total. The molecule has 0 saturated carbocycles. The van der Waals surface area contributed by atoms with Crippen LogP contribution in [0, 0.1) is 5.82 Å². The number of nitrogens with zero attached hydrogens (tertiary/aromatic N) is 2. The molecule has 0 aliphatic heterocycles. The third kappa shape index (κ3) is 3.69. The minimum absolute atomic E-state index is 0.0339. The number of benzene rings is 1. The van der Waals surface area contributed by atoms with E-state index in [1.807, 2.05) is 0 Å². The molecule has 5 nitrogen and oxygen atoms in total. The number of anilines is 1. The second-order valence-electron chi connectivity index (χ2n) is 3.96. The fourth-order valence-electron chi connectivity index (χ4n) is 1.52. The minimum atomic E-state index is -0.483. The van der Waals surface area contributed by atoms with Crippen molar-refractivity contribution < 1.29 is 9.18 Å². The van der Waals surface area contributed by atoms with Crippen LogP contribution in [0.5, 0.6) is 0 Å². The largest absolute Gasteiger partial charge is 0.382 e. The zero-order chi connectivity index (χ0) is 13.8. The Hall–Kier alpha value is -2.08. The lowest BCUT2D eigenvalue weighted by molar-refractivity contribution is -0.122. The van der Waals surface area contributed by atoms with Crippen molar-refractivity contribution in [2.24, 2.45) is 0 Å². The smallest absolute Gasteiger partial charge is 0.241 e. The molecular weight excluding hydrogens is 271 g/mol. The highest BCUT2D eigenvalue weighted by molar-refractivity contribution is 6.30. The molecule has 0 unspecified atom stereocenters. The Morgan fingerprint density at radius 3 is 2.89 bits per heavy atom. The van der Waals surface area contributed by atoms with E-state index < -0.39 is 5.82 Å². The summed E-state index contributed by atoms with van der Waals surface area (Å²) in [6, 6.07) is 5.90. The number of aromatic nitrogens is 2. The summed E-state index contributed by atoms with van der Waals surface area (Å²) < 4.78 is 14.4. The summed E-state index contributed by atoms with van der Waals surface area (Å²) in [5, 5.41) is 6.61. The maximum Gasteiger partial charge on any atom is 0.241 e. The standard InChI is InChI=1S/C12H12ClFN4O/c13-9-5-8(1-2-10(9)14)6-16-12(19)7-18-4-3-11(15)17-18/h1-5H,6-7H2,(H2,15,17)(H,16,19). The Morgan fingerprint density at radius 2 is 2.26 bits per heavy atom. The van der Waals surface area contributed by atoms with Gasteiger partial charge in [-0.1, -0.05) is 17.7 Å². The van der Waals surface area contributed by atoms with Gasteiger partial charge in [-0.2, -0.15) is 5.10 Å². The number of halogens is 2. The van der Waals surface area contributed by atoms with Gasteiger partial charge in [0.15, 0.2) is 0 Å². The number of carbonyl (C=O) groups excluding carboxylic acids is 1. The van der Waals surface area contributed by atoms with E-state index in [1.54, 1.807) is 18.3 Å². The maximum absolute atomic E-state index is 12.9. The molecule has 0 bridgehead atoms. The first-order chi connectivity index (χ1) is 9.04. The van der Waals surface area contributed by atoms with E-state index in [2.05, 4.69) is 10.4 Å². The molecule has 100 valence electrons. The van der Waals surface area contributed by atoms with E-state index in [1.165, 1.54) is 16.8 Å². The van der Waals surface area contributed by atoms with Crippen LogP contribution in [0.3, 0.4) is 0 Å². The van der Waals surface area contributed by atoms with Crippen molar-refractivity contribution in [1.29, 1.82) is 0 Å². The van der Waals surface area contributed by atoms with Gasteiger partial charge in [0.05, 0.1) is 5.02 Å². The number of nitrogens with two attached hydrogens (primary N) is 1. The van der Waals surface area contributed by atoms with Gasteiger partial charge in [0, 0.05) is 12.7 Å². The molecule has 2 aromatic rings. The van der Waals surface area contributed by atoms with Gasteiger partial charge in [0.25, 0.3) is 0 Å². The Bertz CT molecular complexity index is 599. The lowest BCUT2D eigenvalue weighted by atomic mass is 10.2. The second kappa shape index (κ2) is 5.71. The molecule has 0 saturated heterocycles. The summed E-state index contributed by atoms with van der Waals surface area (Å²) in [4.78, 5) is 11.6. The molecule has 1 heterocycles. The molecule has 0 aliphatic carbocycles. The van der Waals surface area contributed by atoms with Crippen LogP contribution in [0.4, 0.5) is 10.2 Å². The Labute approximate surface area is 114 Å². The van der Waals surface area contributed by atoms with Crippen molar-refractivity contribution in [3.8, 4) is 0 Å². The number of hydrogen-bond acceptors (Lipinski definition) is 3. The predicted molar refractivity (Wildman–Crippen MR) is 69.9 cm³/mol. The van der Waals surface area contributed by atoms with E-state index in [0.29, 0.717) is 5.82 Å². The number of nitrogen functional groups attached to an aromatic ring is 1. The van der Waals surface area contributed by atoms with Crippen molar-refractivity contribution in [2.75, 3.05) is 5.73 Å². The molecule has 19 heavy (non-hydrogen) atoms. The Balaban J connectivity index is 1.88. The first-order valence-corrected chi connectivity index (χ1v) is 5.92. The third-order valence-corrected chi connectivity index (χ3v) is 2.73. The van der Waals surface area contributed by atoms with E-state index in [0.717, 1.165) is 5.56 Å². The molecule has 1 aromatic heterocycles. The van der Waals surface area contributed by atoms with Crippen LogP contribution in [0.15, 0.2) is 30.5 Å². The number of rotatable bonds is 4. The van der Waals surface area contributed by atoms with Crippen molar-refractivity contribution in [3.05, 3.63) is 46.9 Å². The lowest BCUT2D eigenvalue weighted by Crippen LogP contribution is -2.27. The van der Waals surface area contributed by atoms with Gasteiger partial charge in [-0.05, 0) is 23.8 Å². The second-order valence-corrected chi connectivity index (χ2v) is 4.37. The summed E-state index contributed by atoms with van der Waals surface area (Å²) in [6.07, 6.45) is 1.61. The molecular formula is C12H12ClFN4O. The SMILES string of the molecule is Nc1ccn(CC(=O)NCc2ccc(F)c(Cl)c2)n1. The van der Waals surface area contributed by atoms with Gasteiger partial charge < -0.3 is 11.1 Å². The molecule has 1 amide bonds. The van der Waals surface area contributed by atoms with Crippen LogP contribution in [0.2, 0.25) is 5.02 Å². The normalized spacial score (nSPS) is 10.4. The molecule has 0 atom stereocenters. The van der Waals surface area contributed by atoms with Crippen molar-refractivity contribution >= 4 is 23.3 Å². The summed E-state index contributed by atoms with van der Waals surface area (Å²) in [6.45, 7) is 0.349. The average Bonchev–Trinajstić information content (AvgIpc) is 2.76. The van der Waals surface area contributed by atoms with Crippen LogP contribution in [0.1, 0.15) is 5.56 Å². The highest BCUT2D eigenvalue weighted by atomic mass is 35.5. The van der Waals surface area contributed by atoms with Gasteiger partial charge in [-0.15, -0.1) is 0 Å². The molecule has 1 aromatic carbocycles. The summed E-state index contributed by atoms with van der Waals surface area (Å²) in [5.41, 5.74) is 6.16. The average molecular weight is 283 g/mol. The lowest BCUT2D eigenvalue weighted by Gasteiger charge is -2.06. The summed E-state index contributed by atoms with van der Waals surface area (Å²) in [7, 11) is 0. The highest BCUT2D eigenvalue weighted by Gasteiger charge is 2.05. The highest BCUT2D eigenvalue weighted by Crippen LogP contribution is 2.15. The third-order valence-electron chi connectivity index (χ3n) is 2.44. The van der Waals surface area contributed by atoms with Crippen LogP contribution in [0.25, 0.3) is 0 Å². The van der Waals surface area contributed by atoms with E-state index in [4.69, 9.17) is 17.3 Å². The van der Waals surface area contributed by atoms with Gasteiger partial charge in [-0.3, -0.25) is 9.48 Å². The first-order valence-electron chi connectivity index (χ1n) is 5.54. The fourth-order valence-corrected chi connectivity index (χ4v) is 1.72. The quantitative estimate of drug-likeness (QED) is 0.894. The molecule has 0 spiro atoms. The van der Waals surface area contributed by atoms with E-state index in [9.17, 15) is 9.18 Å². The van der Waals surface area contributed by atoms with E-state index in [-0.39, 0.29) is 24.0 Å². The first kappa shape index (κ1) is 13.4. The molecule has 0 radical (unpaired) electrons. The summed E-state index contributed by atoms with van der Waals surface area (Å²) in [5.74, 6) is -0.342. The van der Waals surface area contributed by atoms with Crippen LogP contribution < -0.4 is 11.1 Å². The van der Waals surface area contributed by atoms with Crippen LogP contribution in [-0.2, 0) is 17.9 Å². The number of carbonyl (C=O) groups is 1. The van der Waals surface area contributed by atoms with E-state index >= 15 is 0 Å². The number of nitrogens with one attached hydrogen (secondary N) is 1. The predicted octanol–water partition coefficient (Wildman–Crippen LogP) is 1.57. The fraction of sp³-hybridized carbons (Fsp3) is 0.167. The monoisotopic (exact) mass is 282 g/mol. The zero-order valence-electron chi connectivity index (χ0n) is 9.94. The molecule has 7 heteroatoms. The minimum Gasteiger partial charge on any atom is -0.382 e. The van der Waals surface area contributed by atoms with Gasteiger partial charge in [-0.25, -0.2) is 4.39 Å². The topological polar surface area (TPSA) is 72.9 Å². The summed E-state index contributed by atoms with van der Waals surface area (Å²) >= 11 is 5.65. The number of amides is 1. The zero-order valence-corrected chi connectivity index (χ0v) is 10.7. The molecule has 2 rings (SSSR count). The van der Waals surface area contributed by atoms with Gasteiger partial charge >= 0.3 is 0 Å². The van der Waals surface area contributed by atoms with Gasteiger partial charge in [0.1, 0.15) is 18.2 Å². The molecule has 0 fully saturated rings.